The lowest BCUT2D eigenvalue weighted by Crippen LogP contribution is -2.31. The molecule has 0 aliphatic carbocycles. The number of hydrogen-bond acceptors (Lipinski definition) is 9. The van der Waals surface area contributed by atoms with Gasteiger partial charge in [0.25, 0.3) is 0 Å². The Morgan fingerprint density at radius 1 is 1.11 bits per heavy atom. The van der Waals surface area contributed by atoms with Crippen LogP contribution in [0, 0.1) is 6.92 Å². The van der Waals surface area contributed by atoms with E-state index in [0.717, 1.165) is 11.5 Å². The van der Waals surface area contributed by atoms with E-state index in [4.69, 9.17) is 11.6 Å². The molecule has 1 aromatic heterocycles. The SMILES string of the molecule is CC(=O)Nc1ccc(S(=O)(=O)Cc2nsc(C3(S(=O)(=O)c4cccc(Cl)c4C)C=CC=N3)n2)cc1. The smallest absolute Gasteiger partial charge is 0.236 e. The molecule has 1 unspecified atom stereocenters. The summed E-state index contributed by atoms with van der Waals surface area (Å²) < 4.78 is 57.4. The summed E-state index contributed by atoms with van der Waals surface area (Å²) in [6.07, 6.45) is 4.24. The fourth-order valence-electron chi connectivity index (χ4n) is 3.48. The molecule has 4 rings (SSSR count). The molecule has 0 bridgehead atoms. The van der Waals surface area contributed by atoms with Gasteiger partial charge in [-0.25, -0.2) is 21.8 Å². The Kier molecular flexibility index (Phi) is 6.66. The Bertz CT molecular complexity index is 1570. The summed E-state index contributed by atoms with van der Waals surface area (Å²) in [4.78, 5) is 17.8. The van der Waals surface area contributed by atoms with Crippen molar-refractivity contribution in [1.82, 2.24) is 9.36 Å². The maximum atomic E-state index is 13.7. The molecule has 182 valence electrons. The van der Waals surface area contributed by atoms with Crippen molar-refractivity contribution in [3.63, 3.8) is 0 Å². The number of aliphatic imine (C=N–C) groups is 1. The topological polar surface area (TPSA) is 136 Å². The number of halogens is 1. The molecule has 1 atom stereocenters. The van der Waals surface area contributed by atoms with E-state index < -0.39 is 30.3 Å². The van der Waals surface area contributed by atoms with Crippen LogP contribution in [0.1, 0.15) is 23.3 Å². The van der Waals surface area contributed by atoms with E-state index in [9.17, 15) is 21.6 Å². The first-order valence-electron chi connectivity index (χ1n) is 10.1. The van der Waals surface area contributed by atoms with E-state index in [1.165, 1.54) is 61.7 Å². The Morgan fingerprint density at radius 2 is 1.83 bits per heavy atom. The van der Waals surface area contributed by atoms with Gasteiger partial charge in [0.1, 0.15) is 5.75 Å². The fraction of sp³-hybridized carbons (Fsp3) is 0.182. The highest BCUT2D eigenvalue weighted by atomic mass is 35.5. The monoisotopic (exact) mass is 550 g/mol. The Labute approximate surface area is 211 Å². The van der Waals surface area contributed by atoms with Crippen molar-refractivity contribution >= 4 is 60.6 Å². The highest BCUT2D eigenvalue weighted by Crippen LogP contribution is 2.42. The minimum Gasteiger partial charge on any atom is -0.326 e. The van der Waals surface area contributed by atoms with Gasteiger partial charge < -0.3 is 5.32 Å². The largest absolute Gasteiger partial charge is 0.326 e. The van der Waals surface area contributed by atoms with Crippen molar-refractivity contribution in [3.05, 3.63) is 76.0 Å². The van der Waals surface area contributed by atoms with Crippen LogP contribution in [-0.2, 0) is 35.1 Å². The predicted molar refractivity (Wildman–Crippen MR) is 134 cm³/mol. The lowest BCUT2D eigenvalue weighted by Gasteiger charge is -2.23. The van der Waals surface area contributed by atoms with Crippen LogP contribution in [-0.4, -0.2) is 38.3 Å². The number of carbonyl (C=O) groups excluding carboxylic acids is 1. The molecule has 35 heavy (non-hydrogen) atoms. The van der Waals surface area contributed by atoms with Gasteiger partial charge in [0, 0.05) is 23.8 Å². The van der Waals surface area contributed by atoms with E-state index in [2.05, 4.69) is 19.7 Å². The van der Waals surface area contributed by atoms with E-state index in [-0.39, 0.29) is 26.5 Å². The summed E-state index contributed by atoms with van der Waals surface area (Å²) in [7, 11) is -7.99. The summed E-state index contributed by atoms with van der Waals surface area (Å²) in [5.74, 6) is -0.868. The second kappa shape index (κ2) is 9.26. The van der Waals surface area contributed by atoms with Crippen molar-refractivity contribution in [3.8, 4) is 0 Å². The first-order valence-corrected chi connectivity index (χ1v) is 14.4. The predicted octanol–water partition coefficient (Wildman–Crippen LogP) is 3.70. The minimum atomic E-state index is -4.15. The van der Waals surface area contributed by atoms with Crippen LogP contribution in [0.15, 0.2) is 69.4 Å². The molecule has 0 spiro atoms. The number of benzene rings is 2. The highest BCUT2D eigenvalue weighted by Gasteiger charge is 2.49. The third-order valence-electron chi connectivity index (χ3n) is 5.22. The summed E-state index contributed by atoms with van der Waals surface area (Å²) in [6.45, 7) is 2.95. The molecule has 9 nitrogen and oxygen atoms in total. The molecular weight excluding hydrogens is 532 g/mol. The summed E-state index contributed by atoms with van der Waals surface area (Å²) in [5.41, 5.74) is 0.832. The standard InChI is InChI=1S/C22H19ClN4O5S3/c1-14-18(23)5-3-6-19(14)35(31,32)22(11-4-12-24-22)21-26-20(27-33-21)13-34(29,30)17-9-7-16(8-10-17)25-15(2)28/h3-12H,13H2,1-2H3,(H,25,28). The van der Waals surface area contributed by atoms with E-state index >= 15 is 0 Å². The molecule has 0 saturated heterocycles. The van der Waals surface area contributed by atoms with Gasteiger partial charge in [0.2, 0.25) is 20.6 Å². The Balaban J connectivity index is 1.67. The van der Waals surface area contributed by atoms with Crippen molar-refractivity contribution in [2.75, 3.05) is 5.32 Å². The number of aromatic nitrogens is 2. The summed E-state index contributed by atoms with van der Waals surface area (Å²) in [5, 5.41) is 2.88. The van der Waals surface area contributed by atoms with Crippen LogP contribution in [0.3, 0.4) is 0 Å². The van der Waals surface area contributed by atoms with Crippen molar-refractivity contribution in [2.24, 2.45) is 4.99 Å². The Hall–Kier alpha value is -2.93. The number of rotatable bonds is 7. The quantitative estimate of drug-likeness (QED) is 0.473. The average molecular weight is 551 g/mol. The van der Waals surface area contributed by atoms with Gasteiger partial charge in [-0.3, -0.25) is 9.79 Å². The maximum absolute atomic E-state index is 13.7. The highest BCUT2D eigenvalue weighted by molar-refractivity contribution is 7.92. The van der Waals surface area contributed by atoms with Gasteiger partial charge >= 0.3 is 0 Å². The molecule has 1 N–H and O–H groups in total. The zero-order valence-electron chi connectivity index (χ0n) is 18.5. The van der Waals surface area contributed by atoms with Gasteiger partial charge in [-0.15, -0.1) is 0 Å². The lowest BCUT2D eigenvalue weighted by atomic mass is 10.2. The molecule has 2 heterocycles. The number of anilines is 1. The van der Waals surface area contributed by atoms with Gasteiger partial charge in [0.05, 0.1) is 9.79 Å². The van der Waals surface area contributed by atoms with Gasteiger partial charge in [0.15, 0.2) is 20.7 Å². The number of nitrogens with one attached hydrogen (secondary N) is 1. The lowest BCUT2D eigenvalue weighted by molar-refractivity contribution is -0.114. The number of hydrogen-bond donors (Lipinski definition) is 1. The van der Waals surface area contributed by atoms with Crippen LogP contribution in [0.4, 0.5) is 5.69 Å². The second-order valence-corrected chi connectivity index (χ2v) is 12.9. The van der Waals surface area contributed by atoms with E-state index in [1.54, 1.807) is 13.0 Å². The van der Waals surface area contributed by atoms with E-state index in [0.29, 0.717) is 16.3 Å². The molecule has 0 radical (unpaired) electrons. The molecule has 1 amide bonds. The number of carbonyl (C=O) groups is 1. The number of allylic oxidation sites excluding steroid dienone is 1. The van der Waals surface area contributed by atoms with Crippen molar-refractivity contribution in [1.29, 1.82) is 0 Å². The average Bonchev–Trinajstić information content (AvgIpc) is 3.46. The fourth-order valence-corrected chi connectivity index (χ4v) is 7.95. The molecule has 3 aromatic rings. The second-order valence-electron chi connectivity index (χ2n) is 7.68. The molecule has 1 aliphatic heterocycles. The van der Waals surface area contributed by atoms with Crippen LogP contribution in [0.25, 0.3) is 0 Å². The molecule has 2 aromatic carbocycles. The van der Waals surface area contributed by atoms with Crippen LogP contribution in [0.5, 0.6) is 0 Å². The molecular formula is C22H19ClN4O5S3. The number of amides is 1. The third-order valence-corrected chi connectivity index (χ3v) is 10.5. The van der Waals surface area contributed by atoms with Crippen LogP contribution >= 0.6 is 23.1 Å². The van der Waals surface area contributed by atoms with Crippen molar-refractivity contribution < 1.29 is 21.6 Å². The number of nitrogens with zero attached hydrogens (tertiary/aromatic N) is 3. The van der Waals surface area contributed by atoms with Crippen molar-refractivity contribution in [2.45, 2.75) is 34.3 Å². The zero-order valence-corrected chi connectivity index (χ0v) is 21.7. The van der Waals surface area contributed by atoms with Gasteiger partial charge in [-0.2, -0.15) is 4.37 Å². The minimum absolute atomic E-state index is 0.00247. The zero-order chi connectivity index (χ0) is 25.4. The first-order chi connectivity index (χ1) is 16.5. The van der Waals surface area contributed by atoms with Crippen LogP contribution in [0.2, 0.25) is 5.02 Å². The molecule has 1 aliphatic rings. The molecule has 13 heteroatoms. The van der Waals surface area contributed by atoms with Crippen LogP contribution < -0.4 is 5.32 Å². The normalized spacial score (nSPS) is 17.6. The molecule has 0 saturated carbocycles. The van der Waals surface area contributed by atoms with E-state index in [1.807, 2.05) is 0 Å². The van der Waals surface area contributed by atoms with Gasteiger partial charge in [-0.05, 0) is 72.6 Å². The first kappa shape index (κ1) is 25.2. The Morgan fingerprint density at radius 3 is 2.46 bits per heavy atom. The maximum Gasteiger partial charge on any atom is 0.236 e. The number of sulfone groups is 2. The summed E-state index contributed by atoms with van der Waals surface area (Å²) in [6, 6.07) is 10.2. The third kappa shape index (κ3) is 4.66. The molecule has 0 fully saturated rings. The summed E-state index contributed by atoms with van der Waals surface area (Å²) >= 11 is 6.93. The van der Waals surface area contributed by atoms with Gasteiger partial charge in [-0.1, -0.05) is 17.7 Å².